The summed E-state index contributed by atoms with van der Waals surface area (Å²) in [6.45, 7) is 3.96. The van der Waals surface area contributed by atoms with E-state index in [9.17, 15) is 14.4 Å². The number of carbonyl (C=O) groups is 1. The lowest BCUT2D eigenvalue weighted by Crippen LogP contribution is -2.41. The van der Waals surface area contributed by atoms with Crippen molar-refractivity contribution >= 4 is 43.4 Å². The summed E-state index contributed by atoms with van der Waals surface area (Å²) in [6.07, 6.45) is 0. The van der Waals surface area contributed by atoms with Crippen LogP contribution >= 0.6 is 27.3 Å². The van der Waals surface area contributed by atoms with Crippen LogP contribution in [-0.4, -0.2) is 15.0 Å². The highest BCUT2D eigenvalue weighted by Crippen LogP contribution is 2.19. The quantitative estimate of drug-likeness (QED) is 0.454. The molecular formula is C23H20BrN3O3S. The van der Waals surface area contributed by atoms with Crippen LogP contribution in [0.15, 0.2) is 68.0 Å². The second-order valence-corrected chi connectivity index (χ2v) is 9.00. The van der Waals surface area contributed by atoms with Crippen molar-refractivity contribution in [2.24, 2.45) is 0 Å². The van der Waals surface area contributed by atoms with Gasteiger partial charge in [-0.3, -0.25) is 14.2 Å². The maximum absolute atomic E-state index is 13.4. The number of fused-ring (bicyclic) bond motifs is 1. The molecule has 2 aromatic heterocycles. The Balaban J connectivity index is 1.74. The zero-order chi connectivity index (χ0) is 22.1. The zero-order valence-electron chi connectivity index (χ0n) is 17.0. The highest BCUT2D eigenvalue weighted by atomic mass is 79.9. The molecular weight excluding hydrogens is 478 g/mol. The van der Waals surface area contributed by atoms with Gasteiger partial charge in [-0.15, -0.1) is 11.3 Å². The highest BCUT2D eigenvalue weighted by Gasteiger charge is 2.19. The van der Waals surface area contributed by atoms with Crippen molar-refractivity contribution in [2.45, 2.75) is 26.9 Å². The van der Waals surface area contributed by atoms with E-state index in [1.807, 2.05) is 50.2 Å². The van der Waals surface area contributed by atoms with Gasteiger partial charge in [0.15, 0.2) is 0 Å². The number of carbonyl (C=O) groups excluding carboxylic acids is 1. The first kappa shape index (κ1) is 21.3. The lowest BCUT2D eigenvalue weighted by molar-refractivity contribution is -0.121. The van der Waals surface area contributed by atoms with E-state index in [0.29, 0.717) is 22.4 Å². The van der Waals surface area contributed by atoms with Crippen LogP contribution in [0.5, 0.6) is 0 Å². The highest BCUT2D eigenvalue weighted by molar-refractivity contribution is 9.10. The van der Waals surface area contributed by atoms with Crippen molar-refractivity contribution in [3.05, 3.63) is 95.9 Å². The van der Waals surface area contributed by atoms with Gasteiger partial charge >= 0.3 is 5.69 Å². The van der Waals surface area contributed by atoms with Gasteiger partial charge < -0.3 is 5.32 Å². The Morgan fingerprint density at radius 1 is 1.06 bits per heavy atom. The molecule has 2 heterocycles. The molecule has 6 nitrogen and oxygen atoms in total. The van der Waals surface area contributed by atoms with E-state index in [0.717, 1.165) is 21.2 Å². The first-order valence-electron chi connectivity index (χ1n) is 9.68. The third kappa shape index (κ3) is 4.00. The smallest absolute Gasteiger partial charge is 0.336 e. The Morgan fingerprint density at radius 2 is 1.84 bits per heavy atom. The SMILES string of the molecule is Cc1cccc(-n2c(=O)c3sccc3n(CC(=O)NCc3ccccc3Br)c2=O)c1C. The van der Waals surface area contributed by atoms with E-state index in [1.165, 1.54) is 20.5 Å². The van der Waals surface area contributed by atoms with Crippen molar-refractivity contribution in [1.29, 1.82) is 0 Å². The van der Waals surface area contributed by atoms with Crippen LogP contribution in [0.2, 0.25) is 0 Å². The Bertz CT molecular complexity index is 1420. The molecule has 0 fully saturated rings. The fraction of sp³-hybridized carbons (Fsp3) is 0.174. The van der Waals surface area contributed by atoms with Crippen LogP contribution < -0.4 is 16.6 Å². The number of hydrogen-bond donors (Lipinski definition) is 1. The fourth-order valence-corrected chi connectivity index (χ4v) is 4.71. The molecule has 0 aliphatic heterocycles. The molecule has 31 heavy (non-hydrogen) atoms. The van der Waals surface area contributed by atoms with Gasteiger partial charge in [0, 0.05) is 11.0 Å². The molecule has 0 aliphatic carbocycles. The predicted molar refractivity (Wildman–Crippen MR) is 127 cm³/mol. The van der Waals surface area contributed by atoms with Gasteiger partial charge in [-0.25, -0.2) is 9.36 Å². The maximum Gasteiger partial charge on any atom is 0.336 e. The molecule has 0 radical (unpaired) electrons. The van der Waals surface area contributed by atoms with Crippen molar-refractivity contribution in [1.82, 2.24) is 14.5 Å². The average Bonchev–Trinajstić information content (AvgIpc) is 3.24. The first-order valence-corrected chi connectivity index (χ1v) is 11.4. The van der Waals surface area contributed by atoms with Gasteiger partial charge in [-0.1, -0.05) is 46.3 Å². The number of rotatable bonds is 5. The largest absolute Gasteiger partial charge is 0.350 e. The summed E-state index contributed by atoms with van der Waals surface area (Å²) in [5.41, 5.74) is 2.87. The standard InChI is InChI=1S/C23H20BrN3O3S/c1-14-6-5-9-18(15(14)2)27-22(29)21-19(10-11-31-21)26(23(27)30)13-20(28)25-12-16-7-3-4-8-17(16)24/h3-11H,12-13H2,1-2H3,(H,25,28). The minimum atomic E-state index is -0.527. The fourth-order valence-electron chi connectivity index (χ4n) is 3.47. The maximum atomic E-state index is 13.4. The molecule has 0 bridgehead atoms. The molecule has 4 rings (SSSR count). The second kappa shape index (κ2) is 8.64. The van der Waals surface area contributed by atoms with Crippen LogP contribution in [0.3, 0.4) is 0 Å². The minimum Gasteiger partial charge on any atom is -0.350 e. The third-order valence-electron chi connectivity index (χ3n) is 5.31. The molecule has 0 aliphatic rings. The van der Waals surface area contributed by atoms with E-state index < -0.39 is 5.69 Å². The normalized spacial score (nSPS) is 11.1. The van der Waals surface area contributed by atoms with Crippen LogP contribution in [0.4, 0.5) is 0 Å². The number of hydrogen-bond acceptors (Lipinski definition) is 4. The number of nitrogens with one attached hydrogen (secondary N) is 1. The van der Waals surface area contributed by atoms with Crippen molar-refractivity contribution in [2.75, 3.05) is 0 Å². The third-order valence-corrected chi connectivity index (χ3v) is 6.97. The molecule has 1 amide bonds. The number of aryl methyl sites for hydroxylation is 1. The van der Waals surface area contributed by atoms with E-state index in [2.05, 4.69) is 21.2 Å². The summed E-state index contributed by atoms with van der Waals surface area (Å²) in [7, 11) is 0. The van der Waals surface area contributed by atoms with E-state index >= 15 is 0 Å². The predicted octanol–water partition coefficient (Wildman–Crippen LogP) is 3.91. The minimum absolute atomic E-state index is 0.179. The molecule has 2 aromatic carbocycles. The second-order valence-electron chi connectivity index (χ2n) is 7.23. The molecule has 1 N–H and O–H groups in total. The Labute approximate surface area is 190 Å². The zero-order valence-corrected chi connectivity index (χ0v) is 19.4. The lowest BCUT2D eigenvalue weighted by atomic mass is 10.1. The molecule has 0 unspecified atom stereocenters. The number of benzene rings is 2. The van der Waals surface area contributed by atoms with Gasteiger partial charge in [0.25, 0.3) is 5.56 Å². The Hall–Kier alpha value is -2.97. The number of halogens is 1. The van der Waals surface area contributed by atoms with Gasteiger partial charge in [0.05, 0.1) is 11.2 Å². The first-order chi connectivity index (χ1) is 14.9. The number of nitrogens with zero attached hydrogens (tertiary/aromatic N) is 2. The van der Waals surface area contributed by atoms with Gasteiger partial charge in [0.1, 0.15) is 11.2 Å². The molecule has 8 heteroatoms. The van der Waals surface area contributed by atoms with E-state index in [-0.39, 0.29) is 18.0 Å². The summed E-state index contributed by atoms with van der Waals surface area (Å²) in [6, 6.07) is 14.8. The number of amides is 1. The van der Waals surface area contributed by atoms with E-state index in [1.54, 1.807) is 17.5 Å². The molecule has 0 spiro atoms. The van der Waals surface area contributed by atoms with Crippen LogP contribution in [-0.2, 0) is 17.9 Å². The molecule has 4 aromatic rings. The topological polar surface area (TPSA) is 73.1 Å². The number of thiophene rings is 1. The summed E-state index contributed by atoms with van der Waals surface area (Å²) in [4.78, 5) is 39.2. The van der Waals surface area contributed by atoms with Crippen molar-refractivity contribution < 1.29 is 4.79 Å². The van der Waals surface area contributed by atoms with Crippen LogP contribution in [0, 0.1) is 13.8 Å². The van der Waals surface area contributed by atoms with Crippen molar-refractivity contribution in [3.63, 3.8) is 0 Å². The van der Waals surface area contributed by atoms with Crippen molar-refractivity contribution in [3.8, 4) is 5.69 Å². The Kier molecular flexibility index (Phi) is 5.93. The lowest BCUT2D eigenvalue weighted by Gasteiger charge is -2.15. The van der Waals surface area contributed by atoms with Crippen LogP contribution in [0.25, 0.3) is 15.9 Å². The summed E-state index contributed by atoms with van der Waals surface area (Å²) >= 11 is 4.73. The molecule has 0 atom stereocenters. The monoisotopic (exact) mass is 497 g/mol. The average molecular weight is 498 g/mol. The van der Waals surface area contributed by atoms with E-state index in [4.69, 9.17) is 0 Å². The Morgan fingerprint density at radius 3 is 2.61 bits per heavy atom. The molecule has 0 saturated carbocycles. The van der Waals surface area contributed by atoms with Crippen LogP contribution in [0.1, 0.15) is 16.7 Å². The number of aromatic nitrogens is 2. The summed E-state index contributed by atoms with van der Waals surface area (Å²) in [5, 5.41) is 4.61. The summed E-state index contributed by atoms with van der Waals surface area (Å²) < 4.78 is 3.88. The molecule has 158 valence electrons. The van der Waals surface area contributed by atoms with Gasteiger partial charge in [-0.2, -0.15) is 0 Å². The molecule has 0 saturated heterocycles. The summed E-state index contributed by atoms with van der Waals surface area (Å²) in [5.74, 6) is -0.309. The van der Waals surface area contributed by atoms with Gasteiger partial charge in [0.2, 0.25) is 5.91 Å². The van der Waals surface area contributed by atoms with Gasteiger partial charge in [-0.05, 0) is 54.1 Å².